The molecule has 0 atom stereocenters. The number of carbonyl (C=O) groups excluding carboxylic acids is 1. The van der Waals surface area contributed by atoms with Gasteiger partial charge in [0.2, 0.25) is 0 Å². The Hall–Kier alpha value is -1.31. The second kappa shape index (κ2) is 4.52. The number of Topliss-reactive ketones (excluding diaryl/α,β-unsaturated/α-hetero) is 1. The summed E-state index contributed by atoms with van der Waals surface area (Å²) in [4.78, 5) is 12.0. The third-order valence-corrected chi connectivity index (χ3v) is 3.14. The maximum Gasteiger partial charge on any atom is 0.170 e. The highest BCUT2D eigenvalue weighted by Gasteiger charge is 2.32. The monoisotopic (exact) mass is 232 g/mol. The van der Waals surface area contributed by atoms with Crippen LogP contribution in [0.3, 0.4) is 0 Å². The van der Waals surface area contributed by atoms with E-state index in [1.54, 1.807) is 0 Å². The minimum Gasteiger partial charge on any atom is -0.487 e. The zero-order chi connectivity index (χ0) is 12.5. The Labute approximate surface area is 103 Å². The van der Waals surface area contributed by atoms with Gasteiger partial charge in [0, 0.05) is 0 Å². The molecule has 2 heteroatoms. The summed E-state index contributed by atoms with van der Waals surface area (Å²) < 4.78 is 5.83. The van der Waals surface area contributed by atoms with Crippen LogP contribution in [0.4, 0.5) is 0 Å². The number of hydrogen-bond acceptors (Lipinski definition) is 2. The first-order valence-corrected chi connectivity index (χ1v) is 6.37. The molecule has 92 valence electrons. The smallest absolute Gasteiger partial charge is 0.170 e. The summed E-state index contributed by atoms with van der Waals surface area (Å²) in [5.74, 6) is 0.945. The summed E-state index contributed by atoms with van der Waals surface area (Å²) >= 11 is 0. The molecule has 2 rings (SSSR count). The molecule has 0 saturated heterocycles. The molecule has 0 bridgehead atoms. The van der Waals surface area contributed by atoms with E-state index in [9.17, 15) is 4.79 Å². The lowest BCUT2D eigenvalue weighted by Gasteiger charge is -2.31. The largest absolute Gasteiger partial charge is 0.487 e. The Kier molecular flexibility index (Phi) is 3.23. The molecule has 0 unspecified atom stereocenters. The van der Waals surface area contributed by atoms with Crippen molar-refractivity contribution in [3.8, 4) is 5.75 Å². The fourth-order valence-corrected chi connectivity index (χ4v) is 2.24. The van der Waals surface area contributed by atoms with Crippen LogP contribution in [-0.2, 0) is 6.42 Å². The van der Waals surface area contributed by atoms with Crippen LogP contribution in [0.25, 0.3) is 0 Å². The molecule has 1 heterocycles. The van der Waals surface area contributed by atoms with E-state index in [1.165, 1.54) is 18.4 Å². The van der Waals surface area contributed by atoms with Crippen molar-refractivity contribution in [2.75, 3.05) is 0 Å². The van der Waals surface area contributed by atoms with E-state index >= 15 is 0 Å². The minimum atomic E-state index is -0.366. The third-order valence-electron chi connectivity index (χ3n) is 3.14. The number of benzene rings is 1. The Morgan fingerprint density at radius 1 is 1.35 bits per heavy atom. The van der Waals surface area contributed by atoms with E-state index in [-0.39, 0.29) is 11.4 Å². The van der Waals surface area contributed by atoms with Crippen LogP contribution < -0.4 is 4.74 Å². The van der Waals surface area contributed by atoms with Crippen LogP contribution in [0, 0.1) is 0 Å². The summed E-state index contributed by atoms with van der Waals surface area (Å²) in [6.07, 6.45) is 3.85. The number of rotatable bonds is 3. The van der Waals surface area contributed by atoms with Gasteiger partial charge in [-0.25, -0.2) is 0 Å². The average molecular weight is 232 g/mol. The molecule has 0 radical (unpaired) electrons. The van der Waals surface area contributed by atoms with Gasteiger partial charge in [-0.2, -0.15) is 0 Å². The van der Waals surface area contributed by atoms with Crippen molar-refractivity contribution in [1.82, 2.24) is 0 Å². The number of ether oxygens (including phenoxy) is 1. The first kappa shape index (κ1) is 12.2. The molecule has 0 spiro atoms. The zero-order valence-corrected chi connectivity index (χ0v) is 10.9. The molecule has 1 aromatic carbocycles. The number of unbranched alkanes of at least 4 members (excludes halogenated alkanes) is 1. The van der Waals surface area contributed by atoms with Gasteiger partial charge in [-0.05, 0) is 44.4 Å². The van der Waals surface area contributed by atoms with Crippen LogP contribution in [-0.4, -0.2) is 11.4 Å². The van der Waals surface area contributed by atoms with Gasteiger partial charge in [0.1, 0.15) is 11.4 Å². The van der Waals surface area contributed by atoms with E-state index in [0.29, 0.717) is 6.42 Å². The van der Waals surface area contributed by atoms with E-state index in [1.807, 2.05) is 26.0 Å². The highest BCUT2D eigenvalue weighted by Crippen LogP contribution is 2.33. The van der Waals surface area contributed by atoms with E-state index in [0.717, 1.165) is 17.7 Å². The second-order valence-corrected chi connectivity index (χ2v) is 5.40. The lowest BCUT2D eigenvalue weighted by Crippen LogP contribution is -2.35. The molecular formula is C15H20O2. The van der Waals surface area contributed by atoms with E-state index in [4.69, 9.17) is 4.74 Å². The van der Waals surface area contributed by atoms with Crippen molar-refractivity contribution in [3.05, 3.63) is 29.3 Å². The van der Waals surface area contributed by atoms with Crippen molar-refractivity contribution in [3.63, 3.8) is 0 Å². The summed E-state index contributed by atoms with van der Waals surface area (Å²) in [5.41, 5.74) is 1.63. The fraction of sp³-hybridized carbons (Fsp3) is 0.533. The van der Waals surface area contributed by atoms with Crippen LogP contribution in [0.1, 0.15) is 56.0 Å². The maximum atomic E-state index is 12.0. The summed E-state index contributed by atoms with van der Waals surface area (Å²) in [6.45, 7) is 6.09. The molecule has 0 amide bonds. The maximum absolute atomic E-state index is 12.0. The van der Waals surface area contributed by atoms with Gasteiger partial charge in [0.05, 0.1) is 12.0 Å². The van der Waals surface area contributed by atoms with E-state index in [2.05, 4.69) is 13.0 Å². The Morgan fingerprint density at radius 2 is 2.12 bits per heavy atom. The second-order valence-electron chi connectivity index (χ2n) is 5.40. The summed E-state index contributed by atoms with van der Waals surface area (Å²) in [6, 6.07) is 6.02. The molecule has 0 saturated carbocycles. The van der Waals surface area contributed by atoms with Gasteiger partial charge < -0.3 is 4.74 Å². The highest BCUT2D eigenvalue weighted by molar-refractivity contribution is 6.00. The number of fused-ring (bicyclic) bond motifs is 1. The third kappa shape index (κ3) is 2.68. The van der Waals surface area contributed by atoms with Crippen LogP contribution >= 0.6 is 0 Å². The van der Waals surface area contributed by atoms with Crippen molar-refractivity contribution < 1.29 is 9.53 Å². The van der Waals surface area contributed by atoms with Gasteiger partial charge in [-0.1, -0.05) is 19.4 Å². The standard InChI is InChI=1S/C15H20O2/c1-4-5-6-11-7-8-14-12(9-11)13(16)10-15(2,3)17-14/h7-9H,4-6,10H2,1-3H3. The van der Waals surface area contributed by atoms with E-state index < -0.39 is 0 Å². The first-order valence-electron chi connectivity index (χ1n) is 6.37. The van der Waals surface area contributed by atoms with Gasteiger partial charge in [-0.15, -0.1) is 0 Å². The highest BCUT2D eigenvalue weighted by atomic mass is 16.5. The quantitative estimate of drug-likeness (QED) is 0.793. The molecule has 17 heavy (non-hydrogen) atoms. The Balaban J connectivity index is 2.27. The molecule has 1 aliphatic heterocycles. The number of ketones is 1. The van der Waals surface area contributed by atoms with Gasteiger partial charge in [0.15, 0.2) is 5.78 Å². The van der Waals surface area contributed by atoms with Gasteiger partial charge in [0.25, 0.3) is 0 Å². The van der Waals surface area contributed by atoms with Gasteiger partial charge in [-0.3, -0.25) is 4.79 Å². The predicted molar refractivity (Wildman–Crippen MR) is 68.7 cm³/mol. The topological polar surface area (TPSA) is 26.3 Å². The molecule has 0 aliphatic carbocycles. The minimum absolute atomic E-state index is 0.203. The Bertz CT molecular complexity index is 433. The molecule has 0 aromatic heterocycles. The SMILES string of the molecule is CCCCc1ccc2c(c1)C(=O)CC(C)(C)O2. The zero-order valence-electron chi connectivity index (χ0n) is 10.9. The first-order chi connectivity index (χ1) is 8.02. The fourth-order valence-electron chi connectivity index (χ4n) is 2.24. The summed E-state index contributed by atoms with van der Waals surface area (Å²) in [7, 11) is 0. The molecular weight excluding hydrogens is 212 g/mol. The Morgan fingerprint density at radius 3 is 2.82 bits per heavy atom. The lowest BCUT2D eigenvalue weighted by molar-refractivity contribution is 0.0620. The van der Waals surface area contributed by atoms with Crippen LogP contribution in [0.2, 0.25) is 0 Å². The van der Waals surface area contributed by atoms with Gasteiger partial charge >= 0.3 is 0 Å². The summed E-state index contributed by atoms with van der Waals surface area (Å²) in [5, 5.41) is 0. The molecule has 1 aromatic rings. The van der Waals surface area contributed by atoms with Crippen molar-refractivity contribution in [2.24, 2.45) is 0 Å². The van der Waals surface area contributed by atoms with Crippen molar-refractivity contribution in [1.29, 1.82) is 0 Å². The molecule has 2 nitrogen and oxygen atoms in total. The normalized spacial score (nSPS) is 17.5. The molecule has 0 N–H and O–H groups in total. The average Bonchev–Trinajstić information content (AvgIpc) is 2.25. The molecule has 0 fully saturated rings. The lowest BCUT2D eigenvalue weighted by atomic mass is 9.91. The van der Waals surface area contributed by atoms with Crippen molar-refractivity contribution in [2.45, 2.75) is 52.1 Å². The van der Waals surface area contributed by atoms with Crippen molar-refractivity contribution >= 4 is 5.78 Å². The predicted octanol–water partition coefficient (Wildman–Crippen LogP) is 3.77. The van der Waals surface area contributed by atoms with Crippen LogP contribution in [0.5, 0.6) is 5.75 Å². The van der Waals surface area contributed by atoms with Crippen LogP contribution in [0.15, 0.2) is 18.2 Å². The number of aryl methyl sites for hydroxylation is 1. The molecule has 1 aliphatic rings. The number of hydrogen-bond donors (Lipinski definition) is 0. The number of carbonyl (C=O) groups is 1.